The molecule has 8 heteroatoms. The molecule has 0 saturated carbocycles. The Kier molecular flexibility index (Phi) is 5.29. The topological polar surface area (TPSA) is 57.7 Å². The highest BCUT2D eigenvalue weighted by atomic mass is 79.9. The van der Waals surface area contributed by atoms with Gasteiger partial charge in [0.2, 0.25) is 10.0 Å². The highest BCUT2D eigenvalue weighted by Gasteiger charge is 2.28. The summed E-state index contributed by atoms with van der Waals surface area (Å²) in [6, 6.07) is 5.11. The molecule has 0 aliphatic carbocycles. The molecule has 1 aromatic carbocycles. The standard InChI is InChI=1S/C13H16BrClN2O3S/c1-2-21(19,20)17-7-5-16(6-8-17)13(18)11-9-10(14)3-4-12(11)15/h3-4,9H,2,5-8H2,1H3. The number of carbonyl (C=O) groups is 1. The van der Waals surface area contributed by atoms with Crippen LogP contribution in [0.2, 0.25) is 5.02 Å². The lowest BCUT2D eigenvalue weighted by atomic mass is 10.2. The van der Waals surface area contributed by atoms with Crippen LogP contribution < -0.4 is 0 Å². The van der Waals surface area contributed by atoms with Crippen molar-refractivity contribution in [2.45, 2.75) is 6.92 Å². The summed E-state index contributed by atoms with van der Waals surface area (Å²) < 4.78 is 25.8. The van der Waals surface area contributed by atoms with Crippen LogP contribution in [-0.4, -0.2) is 55.5 Å². The summed E-state index contributed by atoms with van der Waals surface area (Å²) in [5.41, 5.74) is 0.429. The first-order chi connectivity index (χ1) is 9.85. The van der Waals surface area contributed by atoms with Gasteiger partial charge in [0.1, 0.15) is 0 Å². The maximum atomic E-state index is 12.5. The second-order valence-electron chi connectivity index (χ2n) is 4.72. The van der Waals surface area contributed by atoms with E-state index >= 15 is 0 Å². The molecular weight excluding hydrogens is 380 g/mol. The Bertz CT molecular complexity index is 643. The lowest BCUT2D eigenvalue weighted by Crippen LogP contribution is -2.50. The molecule has 0 spiro atoms. The Morgan fingerprint density at radius 1 is 1.29 bits per heavy atom. The number of benzene rings is 1. The van der Waals surface area contributed by atoms with E-state index in [1.54, 1.807) is 30.0 Å². The second-order valence-corrected chi connectivity index (χ2v) is 8.30. The predicted octanol–water partition coefficient (Wildman–Crippen LogP) is 2.21. The summed E-state index contributed by atoms with van der Waals surface area (Å²) in [4.78, 5) is 14.1. The van der Waals surface area contributed by atoms with Crippen LogP contribution >= 0.6 is 27.5 Å². The van der Waals surface area contributed by atoms with Crippen LogP contribution in [0.15, 0.2) is 22.7 Å². The molecule has 1 amide bonds. The Balaban J connectivity index is 2.09. The highest BCUT2D eigenvalue weighted by molar-refractivity contribution is 9.10. The van der Waals surface area contributed by atoms with Gasteiger partial charge in [0.05, 0.1) is 16.3 Å². The molecule has 0 atom stereocenters. The summed E-state index contributed by atoms with van der Waals surface area (Å²) in [5, 5.41) is 0.395. The third kappa shape index (κ3) is 3.77. The van der Waals surface area contributed by atoms with Gasteiger partial charge in [-0.25, -0.2) is 8.42 Å². The zero-order valence-corrected chi connectivity index (χ0v) is 14.7. The van der Waals surface area contributed by atoms with Crippen LogP contribution in [0, 0.1) is 0 Å². The smallest absolute Gasteiger partial charge is 0.255 e. The maximum absolute atomic E-state index is 12.5. The summed E-state index contributed by atoms with van der Waals surface area (Å²) in [6.45, 7) is 3.02. The average molecular weight is 396 g/mol. The van der Waals surface area contributed by atoms with Gasteiger partial charge >= 0.3 is 0 Å². The van der Waals surface area contributed by atoms with Crippen LogP contribution in [0.4, 0.5) is 0 Å². The number of amides is 1. The number of carbonyl (C=O) groups excluding carboxylic acids is 1. The zero-order valence-electron chi connectivity index (χ0n) is 11.6. The third-order valence-corrected chi connectivity index (χ3v) is 6.15. The van der Waals surface area contributed by atoms with Gasteiger partial charge in [-0.1, -0.05) is 27.5 Å². The maximum Gasteiger partial charge on any atom is 0.255 e. The van der Waals surface area contributed by atoms with Crippen molar-refractivity contribution in [1.29, 1.82) is 0 Å². The second kappa shape index (κ2) is 6.64. The minimum Gasteiger partial charge on any atom is -0.336 e. The van der Waals surface area contributed by atoms with Gasteiger partial charge in [0.25, 0.3) is 5.91 Å². The van der Waals surface area contributed by atoms with Crippen molar-refractivity contribution < 1.29 is 13.2 Å². The monoisotopic (exact) mass is 394 g/mol. The van der Waals surface area contributed by atoms with Crippen molar-refractivity contribution >= 4 is 43.5 Å². The molecule has 1 heterocycles. The molecule has 1 aliphatic rings. The lowest BCUT2D eigenvalue weighted by Gasteiger charge is -2.34. The first kappa shape index (κ1) is 16.7. The fraction of sp³-hybridized carbons (Fsp3) is 0.462. The van der Waals surface area contributed by atoms with Gasteiger partial charge in [-0.3, -0.25) is 4.79 Å². The Hall–Kier alpha value is -0.630. The Morgan fingerprint density at radius 3 is 2.48 bits per heavy atom. The minimum atomic E-state index is -3.19. The first-order valence-corrected chi connectivity index (χ1v) is 9.35. The number of sulfonamides is 1. The number of piperazine rings is 1. The van der Waals surface area contributed by atoms with Gasteiger partial charge < -0.3 is 4.90 Å². The van der Waals surface area contributed by atoms with Crippen molar-refractivity contribution in [3.8, 4) is 0 Å². The summed E-state index contributed by atoms with van der Waals surface area (Å²) in [7, 11) is -3.19. The van der Waals surface area contributed by atoms with E-state index in [0.29, 0.717) is 36.8 Å². The van der Waals surface area contributed by atoms with Gasteiger partial charge in [0, 0.05) is 30.7 Å². The summed E-state index contributed by atoms with van der Waals surface area (Å²) in [6.07, 6.45) is 0. The van der Waals surface area contributed by atoms with E-state index in [1.165, 1.54) is 4.31 Å². The molecule has 2 rings (SSSR count). The molecule has 0 bridgehead atoms. The molecule has 0 aromatic heterocycles. The SMILES string of the molecule is CCS(=O)(=O)N1CCN(C(=O)c2cc(Br)ccc2Cl)CC1. The molecule has 1 aromatic rings. The first-order valence-electron chi connectivity index (χ1n) is 6.57. The van der Waals surface area contributed by atoms with E-state index in [9.17, 15) is 13.2 Å². The largest absolute Gasteiger partial charge is 0.336 e. The lowest BCUT2D eigenvalue weighted by molar-refractivity contribution is 0.0698. The molecular formula is C13H16BrClN2O3S. The van der Waals surface area contributed by atoms with Crippen LogP contribution in [0.5, 0.6) is 0 Å². The molecule has 0 unspecified atom stereocenters. The van der Waals surface area contributed by atoms with E-state index in [2.05, 4.69) is 15.9 Å². The van der Waals surface area contributed by atoms with Crippen molar-refractivity contribution in [3.05, 3.63) is 33.3 Å². The quantitative estimate of drug-likeness (QED) is 0.788. The van der Waals surface area contributed by atoms with Gasteiger partial charge in [-0.2, -0.15) is 4.31 Å². The highest BCUT2D eigenvalue weighted by Crippen LogP contribution is 2.23. The Labute approximate surface area is 138 Å². The summed E-state index contributed by atoms with van der Waals surface area (Å²) >= 11 is 9.38. The number of hydrogen-bond donors (Lipinski definition) is 0. The molecule has 116 valence electrons. The van der Waals surface area contributed by atoms with E-state index in [-0.39, 0.29) is 11.7 Å². The molecule has 1 fully saturated rings. The average Bonchev–Trinajstić information content (AvgIpc) is 2.49. The number of rotatable bonds is 3. The van der Waals surface area contributed by atoms with Crippen LogP contribution in [0.25, 0.3) is 0 Å². The number of nitrogens with zero attached hydrogens (tertiary/aromatic N) is 2. The van der Waals surface area contributed by atoms with E-state index < -0.39 is 10.0 Å². The zero-order chi connectivity index (χ0) is 15.6. The molecule has 1 saturated heterocycles. The van der Waals surface area contributed by atoms with Crippen LogP contribution in [0.1, 0.15) is 17.3 Å². The fourth-order valence-electron chi connectivity index (χ4n) is 2.18. The van der Waals surface area contributed by atoms with Gasteiger partial charge in [-0.05, 0) is 25.1 Å². The van der Waals surface area contributed by atoms with Crippen molar-refractivity contribution in [1.82, 2.24) is 9.21 Å². The molecule has 0 radical (unpaired) electrons. The van der Waals surface area contributed by atoms with Gasteiger partial charge in [0.15, 0.2) is 0 Å². The number of hydrogen-bond acceptors (Lipinski definition) is 3. The Morgan fingerprint density at radius 2 is 1.90 bits per heavy atom. The molecule has 1 aliphatic heterocycles. The van der Waals surface area contributed by atoms with Crippen molar-refractivity contribution in [3.63, 3.8) is 0 Å². The predicted molar refractivity (Wildman–Crippen MR) is 86.1 cm³/mol. The van der Waals surface area contributed by atoms with Crippen LogP contribution in [-0.2, 0) is 10.0 Å². The third-order valence-electron chi connectivity index (χ3n) is 3.44. The normalized spacial score (nSPS) is 17.0. The van der Waals surface area contributed by atoms with Crippen molar-refractivity contribution in [2.24, 2.45) is 0 Å². The molecule has 5 nitrogen and oxygen atoms in total. The van der Waals surface area contributed by atoms with Gasteiger partial charge in [-0.15, -0.1) is 0 Å². The minimum absolute atomic E-state index is 0.0818. The molecule has 0 N–H and O–H groups in total. The summed E-state index contributed by atoms with van der Waals surface area (Å²) in [5.74, 6) is -0.0897. The van der Waals surface area contributed by atoms with E-state index in [0.717, 1.165) is 4.47 Å². The number of halogens is 2. The molecule has 21 heavy (non-hydrogen) atoms. The van der Waals surface area contributed by atoms with Crippen LogP contribution in [0.3, 0.4) is 0 Å². The van der Waals surface area contributed by atoms with Crippen molar-refractivity contribution in [2.75, 3.05) is 31.9 Å². The van der Waals surface area contributed by atoms with E-state index in [1.807, 2.05) is 0 Å². The fourth-order valence-corrected chi connectivity index (χ4v) is 3.83. The van der Waals surface area contributed by atoms with E-state index in [4.69, 9.17) is 11.6 Å².